The number of nitrogens with one attached hydrogen (secondary N) is 1. The largest absolute Gasteiger partial charge is 0.342 e. The number of piperidine rings is 1. The molecule has 4 amide bonds. The van der Waals surface area contributed by atoms with Crippen LogP contribution in [0.1, 0.15) is 40.7 Å². The summed E-state index contributed by atoms with van der Waals surface area (Å²) >= 11 is 0. The first kappa shape index (κ1) is 28.1. The van der Waals surface area contributed by atoms with E-state index in [9.17, 15) is 19.2 Å². The minimum Gasteiger partial charge on any atom is -0.342 e. The van der Waals surface area contributed by atoms with Crippen molar-refractivity contribution in [2.75, 3.05) is 36.9 Å². The SMILES string of the molecule is Cc1ccc(N2CC(C(=O)N3CCC(C(=O)Nc4ccccc4C(=O)N(C)Cc4ccccc4)CC3)CC2=O)cc1. The van der Waals surface area contributed by atoms with Crippen LogP contribution in [0.15, 0.2) is 78.9 Å². The second kappa shape index (κ2) is 12.4. The zero-order valence-corrected chi connectivity index (χ0v) is 23.6. The first-order chi connectivity index (χ1) is 19.8. The number of likely N-dealkylation sites (tertiary alicyclic amines) is 1. The maximum atomic E-state index is 13.3. The van der Waals surface area contributed by atoms with Gasteiger partial charge in [0, 0.05) is 51.3 Å². The molecular weight excluding hydrogens is 516 g/mol. The minimum absolute atomic E-state index is 0.0239. The molecule has 1 N–H and O–H groups in total. The molecular formula is C33H36N4O4. The summed E-state index contributed by atoms with van der Waals surface area (Å²) in [5.41, 5.74) is 3.88. The molecule has 3 aromatic carbocycles. The Balaban J connectivity index is 1.15. The highest BCUT2D eigenvalue weighted by Crippen LogP contribution is 2.29. The summed E-state index contributed by atoms with van der Waals surface area (Å²) in [4.78, 5) is 57.5. The van der Waals surface area contributed by atoms with Gasteiger partial charge in [-0.15, -0.1) is 0 Å². The molecule has 0 bridgehead atoms. The van der Waals surface area contributed by atoms with Crippen LogP contribution in [0.5, 0.6) is 0 Å². The Morgan fingerprint density at radius 3 is 2.24 bits per heavy atom. The minimum atomic E-state index is -0.375. The molecule has 1 unspecified atom stereocenters. The number of carbonyl (C=O) groups is 4. The van der Waals surface area contributed by atoms with Crippen molar-refractivity contribution in [3.63, 3.8) is 0 Å². The van der Waals surface area contributed by atoms with Gasteiger partial charge in [0.15, 0.2) is 0 Å². The van der Waals surface area contributed by atoms with Crippen LogP contribution in [-0.2, 0) is 20.9 Å². The summed E-state index contributed by atoms with van der Waals surface area (Å²) in [6.07, 6.45) is 1.27. The maximum absolute atomic E-state index is 13.3. The van der Waals surface area contributed by atoms with E-state index in [1.807, 2.05) is 61.5 Å². The third kappa shape index (κ3) is 6.48. The van der Waals surface area contributed by atoms with E-state index in [4.69, 9.17) is 0 Å². The molecule has 2 aliphatic heterocycles. The number of nitrogens with zero attached hydrogens (tertiary/aromatic N) is 3. The summed E-state index contributed by atoms with van der Waals surface area (Å²) < 4.78 is 0. The van der Waals surface area contributed by atoms with E-state index < -0.39 is 0 Å². The molecule has 8 heteroatoms. The van der Waals surface area contributed by atoms with Crippen LogP contribution in [0.2, 0.25) is 0 Å². The molecule has 0 radical (unpaired) electrons. The molecule has 2 fully saturated rings. The lowest BCUT2D eigenvalue weighted by molar-refractivity contribution is -0.138. The summed E-state index contributed by atoms with van der Waals surface area (Å²) in [5, 5.41) is 2.97. The second-order valence-electron chi connectivity index (χ2n) is 11.0. The lowest BCUT2D eigenvalue weighted by atomic mass is 9.94. The van der Waals surface area contributed by atoms with Crippen molar-refractivity contribution in [1.82, 2.24) is 9.80 Å². The van der Waals surface area contributed by atoms with Crippen molar-refractivity contribution >= 4 is 35.0 Å². The number of para-hydroxylation sites is 1. The van der Waals surface area contributed by atoms with Crippen LogP contribution >= 0.6 is 0 Å². The van der Waals surface area contributed by atoms with Crippen LogP contribution in [0, 0.1) is 18.8 Å². The molecule has 41 heavy (non-hydrogen) atoms. The Morgan fingerprint density at radius 2 is 1.54 bits per heavy atom. The summed E-state index contributed by atoms with van der Waals surface area (Å²) in [5.74, 6) is -1.02. The van der Waals surface area contributed by atoms with Crippen molar-refractivity contribution in [2.24, 2.45) is 11.8 Å². The second-order valence-corrected chi connectivity index (χ2v) is 11.0. The van der Waals surface area contributed by atoms with Gasteiger partial charge in [0.2, 0.25) is 17.7 Å². The predicted molar refractivity (Wildman–Crippen MR) is 158 cm³/mol. The monoisotopic (exact) mass is 552 g/mol. The summed E-state index contributed by atoms with van der Waals surface area (Å²) in [6, 6.07) is 24.6. The van der Waals surface area contributed by atoms with Gasteiger partial charge in [-0.05, 0) is 49.6 Å². The lowest BCUT2D eigenvalue weighted by Gasteiger charge is -2.33. The molecule has 212 valence electrons. The predicted octanol–water partition coefficient (Wildman–Crippen LogP) is 4.50. The van der Waals surface area contributed by atoms with Gasteiger partial charge in [0.05, 0.1) is 17.2 Å². The highest BCUT2D eigenvalue weighted by atomic mass is 16.2. The average molecular weight is 553 g/mol. The molecule has 5 rings (SSSR count). The van der Waals surface area contributed by atoms with E-state index in [1.165, 1.54) is 0 Å². The van der Waals surface area contributed by atoms with Gasteiger partial charge in [0.25, 0.3) is 5.91 Å². The van der Waals surface area contributed by atoms with Crippen LogP contribution < -0.4 is 10.2 Å². The van der Waals surface area contributed by atoms with Gasteiger partial charge in [0.1, 0.15) is 0 Å². The molecule has 0 saturated carbocycles. The standard InChI is InChI=1S/C33H36N4O4/c1-23-12-14-27(15-13-23)37-22-26(20-30(37)38)32(40)36-18-16-25(17-19-36)31(39)34-29-11-7-6-10-28(29)33(41)35(2)21-24-8-4-3-5-9-24/h3-15,25-26H,16-22H2,1-2H3,(H,34,39). The van der Waals surface area contributed by atoms with E-state index in [0.717, 1.165) is 16.8 Å². The number of hydrogen-bond donors (Lipinski definition) is 1. The van der Waals surface area contributed by atoms with Crippen molar-refractivity contribution in [3.05, 3.63) is 95.6 Å². The van der Waals surface area contributed by atoms with Gasteiger partial charge < -0.3 is 20.0 Å². The molecule has 2 aliphatic rings. The van der Waals surface area contributed by atoms with Crippen LogP contribution in [0.4, 0.5) is 11.4 Å². The molecule has 2 heterocycles. The van der Waals surface area contributed by atoms with E-state index in [-0.39, 0.29) is 41.9 Å². The van der Waals surface area contributed by atoms with E-state index in [1.54, 1.807) is 46.0 Å². The molecule has 0 spiro atoms. The van der Waals surface area contributed by atoms with Crippen molar-refractivity contribution < 1.29 is 19.2 Å². The Hall–Kier alpha value is -4.46. The molecule has 0 aliphatic carbocycles. The summed E-state index contributed by atoms with van der Waals surface area (Å²) in [7, 11) is 1.75. The number of aryl methyl sites for hydroxylation is 1. The normalized spacial score (nSPS) is 17.4. The van der Waals surface area contributed by atoms with Crippen LogP contribution in [0.25, 0.3) is 0 Å². The summed E-state index contributed by atoms with van der Waals surface area (Å²) in [6.45, 7) is 3.77. The highest BCUT2D eigenvalue weighted by molar-refractivity contribution is 6.04. The molecule has 2 saturated heterocycles. The Morgan fingerprint density at radius 1 is 0.878 bits per heavy atom. The molecule has 8 nitrogen and oxygen atoms in total. The van der Waals surface area contributed by atoms with E-state index in [0.29, 0.717) is 50.3 Å². The zero-order valence-electron chi connectivity index (χ0n) is 23.6. The number of carbonyl (C=O) groups excluding carboxylic acids is 4. The molecule has 3 aromatic rings. The maximum Gasteiger partial charge on any atom is 0.256 e. The highest BCUT2D eigenvalue weighted by Gasteiger charge is 2.38. The Bertz CT molecular complexity index is 1410. The topological polar surface area (TPSA) is 90.0 Å². The zero-order chi connectivity index (χ0) is 28.9. The van der Waals surface area contributed by atoms with Crippen LogP contribution in [-0.4, -0.2) is 60.1 Å². The van der Waals surface area contributed by atoms with E-state index in [2.05, 4.69) is 5.32 Å². The lowest BCUT2D eigenvalue weighted by Crippen LogP contribution is -2.44. The van der Waals surface area contributed by atoms with Crippen LogP contribution in [0.3, 0.4) is 0 Å². The number of hydrogen-bond acceptors (Lipinski definition) is 4. The third-order valence-corrected chi connectivity index (χ3v) is 8.02. The number of anilines is 2. The van der Waals surface area contributed by atoms with Gasteiger partial charge in [-0.25, -0.2) is 0 Å². The smallest absolute Gasteiger partial charge is 0.256 e. The Labute approximate surface area is 240 Å². The third-order valence-electron chi connectivity index (χ3n) is 8.02. The van der Waals surface area contributed by atoms with Crippen molar-refractivity contribution in [1.29, 1.82) is 0 Å². The average Bonchev–Trinajstić information content (AvgIpc) is 3.39. The van der Waals surface area contributed by atoms with Gasteiger partial charge in [-0.1, -0.05) is 60.2 Å². The molecule has 0 aromatic heterocycles. The Kier molecular flexibility index (Phi) is 8.47. The van der Waals surface area contributed by atoms with Gasteiger partial charge in [-0.2, -0.15) is 0 Å². The fourth-order valence-corrected chi connectivity index (χ4v) is 5.62. The number of benzene rings is 3. The van der Waals surface area contributed by atoms with Gasteiger partial charge >= 0.3 is 0 Å². The fraction of sp³-hybridized carbons (Fsp3) is 0.333. The van der Waals surface area contributed by atoms with Gasteiger partial charge in [-0.3, -0.25) is 19.2 Å². The molecule has 1 atom stereocenters. The quantitative estimate of drug-likeness (QED) is 0.468. The number of rotatable bonds is 7. The van der Waals surface area contributed by atoms with Crippen molar-refractivity contribution in [3.8, 4) is 0 Å². The van der Waals surface area contributed by atoms with Crippen molar-refractivity contribution in [2.45, 2.75) is 32.7 Å². The van der Waals surface area contributed by atoms with E-state index >= 15 is 0 Å². The fourth-order valence-electron chi connectivity index (χ4n) is 5.62. The number of amides is 4. The first-order valence-corrected chi connectivity index (χ1v) is 14.1. The first-order valence-electron chi connectivity index (χ1n) is 14.1.